The number of halogens is 3. The molecule has 73 valence electrons. The Balaban J connectivity index is 0.000000261. The first-order valence-corrected chi connectivity index (χ1v) is 10.4. The molecule has 0 spiro atoms. The van der Waals surface area contributed by atoms with Gasteiger partial charge in [-0.2, -0.15) is 0 Å². The van der Waals surface area contributed by atoms with Gasteiger partial charge in [0.2, 0.25) is 0 Å². The molecular formula is C8H12Cl3Ru. The molecule has 0 unspecified atom stereocenters. The predicted molar refractivity (Wildman–Crippen MR) is 54.3 cm³/mol. The molecule has 0 aromatic rings. The van der Waals surface area contributed by atoms with Crippen molar-refractivity contribution in [1.29, 1.82) is 0 Å². The Labute approximate surface area is 91.6 Å². The van der Waals surface area contributed by atoms with E-state index in [1.54, 1.807) is 0 Å². The van der Waals surface area contributed by atoms with Crippen LogP contribution in [0.25, 0.3) is 0 Å². The summed E-state index contributed by atoms with van der Waals surface area (Å²) in [5.41, 5.74) is 0. The van der Waals surface area contributed by atoms with Gasteiger partial charge in [0.15, 0.2) is 0 Å². The van der Waals surface area contributed by atoms with Crippen molar-refractivity contribution < 1.29 is 13.0 Å². The van der Waals surface area contributed by atoms with Crippen molar-refractivity contribution in [2.24, 2.45) is 0 Å². The summed E-state index contributed by atoms with van der Waals surface area (Å²) >= 11 is -1.75. The summed E-state index contributed by atoms with van der Waals surface area (Å²) < 4.78 is 0. The maximum absolute atomic E-state index is 4.95. The van der Waals surface area contributed by atoms with E-state index in [4.69, 9.17) is 29.1 Å². The van der Waals surface area contributed by atoms with Crippen LogP contribution in [0.5, 0.6) is 0 Å². The van der Waals surface area contributed by atoms with Crippen LogP contribution in [-0.2, 0) is 13.0 Å². The van der Waals surface area contributed by atoms with Gasteiger partial charge in [-0.3, -0.25) is 0 Å². The van der Waals surface area contributed by atoms with Crippen molar-refractivity contribution in [2.45, 2.75) is 25.7 Å². The summed E-state index contributed by atoms with van der Waals surface area (Å²) in [5, 5.41) is 0. The van der Waals surface area contributed by atoms with Crippen LogP contribution in [-0.4, -0.2) is 0 Å². The topological polar surface area (TPSA) is 0 Å². The Bertz CT molecular complexity index is 126. The van der Waals surface area contributed by atoms with Crippen LogP contribution < -0.4 is 0 Å². The maximum atomic E-state index is 4.95. The van der Waals surface area contributed by atoms with Crippen LogP contribution in [0.3, 0.4) is 0 Å². The Morgan fingerprint density at radius 2 is 1.17 bits per heavy atom. The van der Waals surface area contributed by atoms with Crippen molar-refractivity contribution in [3.8, 4) is 0 Å². The first kappa shape index (κ1) is 13.0. The van der Waals surface area contributed by atoms with Crippen molar-refractivity contribution in [1.82, 2.24) is 0 Å². The molecule has 0 N–H and O–H groups in total. The van der Waals surface area contributed by atoms with Crippen LogP contribution in [0.1, 0.15) is 25.7 Å². The molecule has 0 bridgehead atoms. The molecule has 4 heteroatoms. The standard InChI is InChI=1S/C8H12.3ClH.Ru/c1-2-4-6-8-7-5-3-1;;;;/h1-4H,5-8H2;3*1H;/q;;;;+3/p-3. The van der Waals surface area contributed by atoms with Crippen molar-refractivity contribution in [2.75, 3.05) is 0 Å². The number of hydrogen-bond acceptors (Lipinski definition) is 0. The number of allylic oxidation sites excluding steroid dienone is 4. The zero-order valence-corrected chi connectivity index (χ0v) is 10.6. The van der Waals surface area contributed by atoms with E-state index in [-0.39, 0.29) is 0 Å². The SMILES string of the molecule is C1=CCCCCC=C1.[Cl][Ru]([Cl])[Cl]. The summed E-state index contributed by atoms with van der Waals surface area (Å²) in [6.07, 6.45) is 14.0. The molecule has 12 heavy (non-hydrogen) atoms. The monoisotopic (exact) mass is 315 g/mol. The fourth-order valence-corrected chi connectivity index (χ4v) is 0.874. The molecule has 1 rings (SSSR count). The van der Waals surface area contributed by atoms with Gasteiger partial charge in [-0.15, -0.1) is 0 Å². The quantitative estimate of drug-likeness (QED) is 0.566. The first-order chi connectivity index (χ1) is 5.73. The molecule has 1 aliphatic carbocycles. The van der Waals surface area contributed by atoms with E-state index in [0.29, 0.717) is 0 Å². The van der Waals surface area contributed by atoms with Gasteiger partial charge in [0.05, 0.1) is 0 Å². The molecule has 1 aliphatic rings. The third-order valence-corrected chi connectivity index (χ3v) is 1.37. The van der Waals surface area contributed by atoms with Crippen LogP contribution in [0.2, 0.25) is 0 Å². The zero-order chi connectivity index (χ0) is 9.23. The van der Waals surface area contributed by atoms with Gasteiger partial charge in [-0.05, 0) is 25.7 Å². The molecule has 0 aliphatic heterocycles. The molecule has 0 nitrogen and oxygen atoms in total. The average Bonchev–Trinajstić information content (AvgIpc) is 1.82. The summed E-state index contributed by atoms with van der Waals surface area (Å²) in [4.78, 5) is 0. The third-order valence-electron chi connectivity index (χ3n) is 1.37. The van der Waals surface area contributed by atoms with Gasteiger partial charge in [-0.1, -0.05) is 24.3 Å². The molecule has 0 atom stereocenters. The normalized spacial score (nSPS) is 17.1. The van der Waals surface area contributed by atoms with Gasteiger partial charge in [0, 0.05) is 0 Å². The first-order valence-electron chi connectivity index (χ1n) is 3.72. The number of hydrogen-bond donors (Lipinski definition) is 0. The molecule has 0 heterocycles. The fourth-order valence-electron chi connectivity index (χ4n) is 0.874. The van der Waals surface area contributed by atoms with Gasteiger partial charge in [-0.25, -0.2) is 0 Å². The molecule has 0 saturated carbocycles. The molecule has 0 fully saturated rings. The second kappa shape index (κ2) is 10.1. The van der Waals surface area contributed by atoms with Crippen molar-refractivity contribution >= 4 is 29.1 Å². The Morgan fingerprint density at radius 3 is 1.50 bits per heavy atom. The van der Waals surface area contributed by atoms with Crippen molar-refractivity contribution in [3.63, 3.8) is 0 Å². The molecule has 0 amide bonds. The Hall–Kier alpha value is 0.973. The second-order valence-electron chi connectivity index (χ2n) is 2.29. The third kappa shape index (κ3) is 13.6. The van der Waals surface area contributed by atoms with Gasteiger partial charge < -0.3 is 0 Å². The second-order valence-corrected chi connectivity index (χ2v) is 10.2. The summed E-state index contributed by atoms with van der Waals surface area (Å²) in [7, 11) is 14.8. The van der Waals surface area contributed by atoms with Crippen LogP contribution in [0.15, 0.2) is 24.3 Å². The van der Waals surface area contributed by atoms with E-state index in [1.807, 2.05) is 0 Å². The fraction of sp³-hybridized carbons (Fsp3) is 0.500. The number of rotatable bonds is 0. The Morgan fingerprint density at radius 1 is 0.833 bits per heavy atom. The van der Waals surface area contributed by atoms with Gasteiger partial charge >= 0.3 is 42.1 Å². The van der Waals surface area contributed by atoms with E-state index in [2.05, 4.69) is 24.3 Å². The molecule has 0 aromatic heterocycles. The van der Waals surface area contributed by atoms with Gasteiger partial charge in [0.25, 0.3) is 0 Å². The van der Waals surface area contributed by atoms with Crippen molar-refractivity contribution in [3.05, 3.63) is 24.3 Å². The van der Waals surface area contributed by atoms with Crippen LogP contribution in [0.4, 0.5) is 0 Å². The summed E-state index contributed by atoms with van der Waals surface area (Å²) in [6, 6.07) is 0. The molecule has 0 radical (unpaired) electrons. The Kier molecular flexibility index (Phi) is 10.9. The zero-order valence-electron chi connectivity index (χ0n) is 6.63. The van der Waals surface area contributed by atoms with E-state index >= 15 is 0 Å². The minimum absolute atomic E-state index is 1.27. The summed E-state index contributed by atoms with van der Waals surface area (Å²) in [5.74, 6) is 0. The molecule has 0 aromatic carbocycles. The van der Waals surface area contributed by atoms with E-state index < -0.39 is 13.0 Å². The molecular weight excluding hydrogens is 304 g/mol. The van der Waals surface area contributed by atoms with Crippen LogP contribution >= 0.6 is 29.1 Å². The minimum atomic E-state index is -1.75. The van der Waals surface area contributed by atoms with Crippen LogP contribution in [0, 0.1) is 0 Å². The van der Waals surface area contributed by atoms with Gasteiger partial charge in [0.1, 0.15) is 0 Å². The van der Waals surface area contributed by atoms with E-state index in [9.17, 15) is 0 Å². The molecule has 0 saturated heterocycles. The predicted octanol–water partition coefficient (Wildman–Crippen LogP) is 4.74. The average molecular weight is 316 g/mol. The summed E-state index contributed by atoms with van der Waals surface area (Å²) in [6.45, 7) is 0. The van der Waals surface area contributed by atoms with E-state index in [0.717, 1.165) is 0 Å². The van der Waals surface area contributed by atoms with E-state index in [1.165, 1.54) is 25.7 Å².